The highest BCUT2D eigenvalue weighted by Gasteiger charge is 2.14. The van der Waals surface area contributed by atoms with Gasteiger partial charge in [0.2, 0.25) is 0 Å². The molecule has 0 heterocycles. The molecule has 0 bridgehead atoms. The van der Waals surface area contributed by atoms with Crippen LogP contribution in [0, 0.1) is 0 Å². The van der Waals surface area contributed by atoms with Gasteiger partial charge in [0.15, 0.2) is 6.10 Å². The largest absolute Gasteiger partial charge is 0.481 e. The fourth-order valence-corrected chi connectivity index (χ4v) is 2.62. The van der Waals surface area contributed by atoms with Crippen LogP contribution in [-0.2, 0) is 11.2 Å². The summed E-state index contributed by atoms with van der Waals surface area (Å²) in [4.78, 5) is 12.2. The van der Waals surface area contributed by atoms with E-state index in [-0.39, 0.29) is 5.91 Å². The number of nitrogens with one attached hydrogen (secondary N) is 1. The van der Waals surface area contributed by atoms with Crippen LogP contribution in [0.5, 0.6) is 5.75 Å². The lowest BCUT2D eigenvalue weighted by atomic mass is 10.1. The molecule has 0 aliphatic rings. The van der Waals surface area contributed by atoms with Crippen LogP contribution >= 0.6 is 0 Å². The summed E-state index contributed by atoms with van der Waals surface area (Å²) in [7, 11) is 0. The van der Waals surface area contributed by atoms with Gasteiger partial charge in [-0.15, -0.1) is 0 Å². The van der Waals surface area contributed by atoms with Gasteiger partial charge in [-0.05, 0) is 41.8 Å². The summed E-state index contributed by atoms with van der Waals surface area (Å²) in [5.74, 6) is 0.610. The Kier molecular flexibility index (Phi) is 5.12. The van der Waals surface area contributed by atoms with E-state index >= 15 is 0 Å². The summed E-state index contributed by atoms with van der Waals surface area (Å²) in [5.41, 5.74) is 1.21. The quantitative estimate of drug-likeness (QED) is 0.746. The normalized spacial score (nSPS) is 11.9. The monoisotopic (exact) mass is 319 g/mol. The Morgan fingerprint density at radius 2 is 1.67 bits per heavy atom. The zero-order valence-corrected chi connectivity index (χ0v) is 13.7. The molecule has 0 radical (unpaired) electrons. The van der Waals surface area contributed by atoms with Crippen molar-refractivity contribution >= 4 is 16.7 Å². The molecule has 3 nitrogen and oxygen atoms in total. The maximum Gasteiger partial charge on any atom is 0.260 e. The van der Waals surface area contributed by atoms with Gasteiger partial charge in [-0.25, -0.2) is 0 Å². The van der Waals surface area contributed by atoms with Crippen LogP contribution in [0.1, 0.15) is 12.5 Å². The van der Waals surface area contributed by atoms with Crippen LogP contribution in [-0.4, -0.2) is 18.6 Å². The van der Waals surface area contributed by atoms with Crippen LogP contribution in [0.2, 0.25) is 0 Å². The Hall–Kier alpha value is -2.81. The summed E-state index contributed by atoms with van der Waals surface area (Å²) < 4.78 is 5.77. The SMILES string of the molecule is C[C@H](Oc1ccc2ccccc2c1)C(=O)NCCc1ccccc1. The van der Waals surface area contributed by atoms with Gasteiger partial charge in [0.05, 0.1) is 0 Å². The van der Waals surface area contributed by atoms with Gasteiger partial charge in [0, 0.05) is 6.54 Å². The molecule has 0 saturated carbocycles. The van der Waals surface area contributed by atoms with Crippen molar-refractivity contribution in [2.45, 2.75) is 19.4 Å². The Morgan fingerprint density at radius 1 is 0.958 bits per heavy atom. The Balaban J connectivity index is 1.53. The first kappa shape index (κ1) is 16.1. The second-order valence-corrected chi connectivity index (χ2v) is 5.80. The highest BCUT2D eigenvalue weighted by Crippen LogP contribution is 2.21. The van der Waals surface area contributed by atoms with Gasteiger partial charge in [0.25, 0.3) is 5.91 Å². The van der Waals surface area contributed by atoms with Gasteiger partial charge < -0.3 is 10.1 Å². The number of carbonyl (C=O) groups excluding carboxylic acids is 1. The Labute approximate surface area is 142 Å². The zero-order chi connectivity index (χ0) is 16.8. The van der Waals surface area contributed by atoms with Crippen molar-refractivity contribution in [2.75, 3.05) is 6.54 Å². The van der Waals surface area contributed by atoms with Crippen LogP contribution in [0.4, 0.5) is 0 Å². The molecule has 0 aliphatic carbocycles. The molecule has 122 valence electrons. The molecular formula is C21H21NO2. The van der Waals surface area contributed by atoms with E-state index in [0.29, 0.717) is 12.3 Å². The van der Waals surface area contributed by atoms with Crippen molar-refractivity contribution in [2.24, 2.45) is 0 Å². The van der Waals surface area contributed by atoms with Crippen molar-refractivity contribution in [3.05, 3.63) is 78.4 Å². The maximum absolute atomic E-state index is 12.2. The van der Waals surface area contributed by atoms with E-state index < -0.39 is 6.10 Å². The second kappa shape index (κ2) is 7.64. The molecule has 0 aromatic heterocycles. The van der Waals surface area contributed by atoms with Crippen LogP contribution in [0.15, 0.2) is 72.8 Å². The number of rotatable bonds is 6. The number of amides is 1. The molecule has 3 aromatic rings. The number of hydrogen-bond acceptors (Lipinski definition) is 2. The minimum absolute atomic E-state index is 0.0981. The molecule has 0 fully saturated rings. The minimum Gasteiger partial charge on any atom is -0.481 e. The van der Waals surface area contributed by atoms with E-state index in [1.54, 1.807) is 6.92 Å². The first-order valence-corrected chi connectivity index (χ1v) is 8.19. The Bertz CT molecular complexity index is 814. The summed E-state index contributed by atoms with van der Waals surface area (Å²) in [6.07, 6.45) is 0.289. The van der Waals surface area contributed by atoms with E-state index in [2.05, 4.69) is 23.5 Å². The number of fused-ring (bicyclic) bond motifs is 1. The molecule has 0 saturated heterocycles. The molecule has 0 aliphatic heterocycles. The average molecular weight is 319 g/mol. The zero-order valence-electron chi connectivity index (χ0n) is 13.7. The Morgan fingerprint density at radius 3 is 2.46 bits per heavy atom. The lowest BCUT2D eigenvalue weighted by Crippen LogP contribution is -2.37. The molecule has 1 amide bonds. The van der Waals surface area contributed by atoms with E-state index in [0.717, 1.165) is 17.2 Å². The summed E-state index contributed by atoms with van der Waals surface area (Å²) in [6, 6.07) is 24.1. The highest BCUT2D eigenvalue weighted by molar-refractivity contribution is 5.84. The van der Waals surface area contributed by atoms with Crippen molar-refractivity contribution in [3.63, 3.8) is 0 Å². The third-order valence-electron chi connectivity index (χ3n) is 3.96. The average Bonchev–Trinajstić information content (AvgIpc) is 2.62. The van der Waals surface area contributed by atoms with E-state index in [1.165, 1.54) is 5.56 Å². The van der Waals surface area contributed by atoms with Gasteiger partial charge in [-0.3, -0.25) is 4.79 Å². The van der Waals surface area contributed by atoms with Gasteiger partial charge >= 0.3 is 0 Å². The lowest BCUT2D eigenvalue weighted by molar-refractivity contribution is -0.127. The molecule has 3 aromatic carbocycles. The van der Waals surface area contributed by atoms with E-state index in [1.807, 2.05) is 54.6 Å². The van der Waals surface area contributed by atoms with Crippen molar-refractivity contribution in [3.8, 4) is 5.75 Å². The topological polar surface area (TPSA) is 38.3 Å². The third-order valence-corrected chi connectivity index (χ3v) is 3.96. The van der Waals surface area contributed by atoms with Gasteiger partial charge in [-0.2, -0.15) is 0 Å². The summed E-state index contributed by atoms with van der Waals surface area (Å²) in [6.45, 7) is 2.38. The third kappa shape index (κ3) is 4.13. The van der Waals surface area contributed by atoms with Crippen molar-refractivity contribution < 1.29 is 9.53 Å². The smallest absolute Gasteiger partial charge is 0.260 e. The summed E-state index contributed by atoms with van der Waals surface area (Å²) in [5, 5.41) is 5.19. The predicted octanol–water partition coefficient (Wildman–Crippen LogP) is 3.97. The fraction of sp³-hybridized carbons (Fsp3) is 0.190. The number of carbonyl (C=O) groups is 1. The molecule has 1 atom stereocenters. The van der Waals surface area contributed by atoms with Crippen LogP contribution in [0.3, 0.4) is 0 Å². The van der Waals surface area contributed by atoms with Crippen LogP contribution < -0.4 is 10.1 Å². The molecule has 0 unspecified atom stereocenters. The van der Waals surface area contributed by atoms with Crippen molar-refractivity contribution in [1.82, 2.24) is 5.32 Å². The van der Waals surface area contributed by atoms with Gasteiger partial charge in [-0.1, -0.05) is 60.7 Å². The number of hydrogen-bond donors (Lipinski definition) is 1. The molecule has 1 N–H and O–H groups in total. The standard InChI is InChI=1S/C21H21NO2/c1-16(21(23)22-14-13-17-7-3-2-4-8-17)24-20-12-11-18-9-5-6-10-19(18)15-20/h2-12,15-16H,13-14H2,1H3,(H,22,23)/t16-/m0/s1. The highest BCUT2D eigenvalue weighted by atomic mass is 16.5. The number of ether oxygens (including phenoxy) is 1. The predicted molar refractivity (Wildman–Crippen MR) is 97.2 cm³/mol. The fourth-order valence-electron chi connectivity index (χ4n) is 2.62. The van der Waals surface area contributed by atoms with E-state index in [4.69, 9.17) is 4.74 Å². The first-order chi connectivity index (χ1) is 11.7. The van der Waals surface area contributed by atoms with E-state index in [9.17, 15) is 4.79 Å². The molecule has 24 heavy (non-hydrogen) atoms. The molecular weight excluding hydrogens is 298 g/mol. The molecule has 0 spiro atoms. The van der Waals surface area contributed by atoms with Gasteiger partial charge in [0.1, 0.15) is 5.75 Å². The number of benzene rings is 3. The second-order valence-electron chi connectivity index (χ2n) is 5.80. The summed E-state index contributed by atoms with van der Waals surface area (Å²) >= 11 is 0. The van der Waals surface area contributed by atoms with Crippen LogP contribution in [0.25, 0.3) is 10.8 Å². The minimum atomic E-state index is -0.526. The van der Waals surface area contributed by atoms with Crippen molar-refractivity contribution in [1.29, 1.82) is 0 Å². The molecule has 3 heteroatoms. The molecule has 3 rings (SSSR count). The lowest BCUT2D eigenvalue weighted by Gasteiger charge is -2.15. The maximum atomic E-state index is 12.2. The first-order valence-electron chi connectivity index (χ1n) is 8.19.